The lowest BCUT2D eigenvalue weighted by atomic mass is 9.81. The van der Waals surface area contributed by atoms with E-state index in [1.807, 2.05) is 23.9 Å². The van der Waals surface area contributed by atoms with E-state index in [2.05, 4.69) is 25.1 Å². The molecule has 2 nitrogen and oxygen atoms in total. The summed E-state index contributed by atoms with van der Waals surface area (Å²) in [5.41, 5.74) is 0. The molecular weight excluding hydrogens is 254 g/mol. The molecule has 1 aliphatic carbocycles. The maximum absolute atomic E-state index is 9.31. The lowest BCUT2D eigenvalue weighted by Gasteiger charge is -2.31. The van der Waals surface area contributed by atoms with Gasteiger partial charge in [0.2, 0.25) is 0 Å². The largest absolute Gasteiger partial charge is 0.497 e. The first-order valence-corrected chi connectivity index (χ1v) is 7.85. The maximum atomic E-state index is 9.31. The molecule has 0 amide bonds. The second kappa shape index (κ2) is 6.86. The fourth-order valence-electron chi connectivity index (χ4n) is 2.71. The molecule has 0 saturated heterocycles. The van der Waals surface area contributed by atoms with E-state index in [0.29, 0.717) is 5.25 Å². The molecule has 102 valence electrons. The molecule has 3 atom stereocenters. The Labute approximate surface area is 120 Å². The monoisotopic (exact) mass is 275 g/mol. The summed E-state index contributed by atoms with van der Waals surface area (Å²) in [4.78, 5) is 1.21. The molecule has 3 unspecified atom stereocenters. The van der Waals surface area contributed by atoms with Gasteiger partial charge >= 0.3 is 0 Å². The SMILES string of the molecule is CCC1CCC(C#N)C(Sc2cccc(OC)c2)C1. The highest BCUT2D eigenvalue weighted by atomic mass is 32.2. The fourth-order valence-corrected chi connectivity index (χ4v) is 4.13. The van der Waals surface area contributed by atoms with Crippen LogP contribution in [-0.4, -0.2) is 12.4 Å². The molecule has 2 rings (SSSR count). The number of hydrogen-bond acceptors (Lipinski definition) is 3. The standard InChI is InChI=1S/C16H21NOS/c1-3-12-7-8-13(11-17)16(9-12)19-15-6-4-5-14(10-15)18-2/h4-6,10,12-13,16H,3,7-9H2,1-2H3. The van der Waals surface area contributed by atoms with Gasteiger partial charge in [-0.05, 0) is 43.4 Å². The van der Waals surface area contributed by atoms with Gasteiger partial charge in [0.1, 0.15) is 5.75 Å². The highest BCUT2D eigenvalue weighted by Gasteiger charge is 2.30. The van der Waals surface area contributed by atoms with Crippen LogP contribution < -0.4 is 4.74 Å². The Kier molecular flexibility index (Phi) is 5.15. The molecule has 1 fully saturated rings. The van der Waals surface area contributed by atoms with Crippen LogP contribution in [0.4, 0.5) is 0 Å². The van der Waals surface area contributed by atoms with E-state index in [9.17, 15) is 5.26 Å². The van der Waals surface area contributed by atoms with Gasteiger partial charge in [-0.15, -0.1) is 11.8 Å². The summed E-state index contributed by atoms with van der Waals surface area (Å²) < 4.78 is 5.26. The van der Waals surface area contributed by atoms with Crippen LogP contribution >= 0.6 is 11.8 Å². The minimum atomic E-state index is 0.194. The van der Waals surface area contributed by atoms with E-state index in [1.54, 1.807) is 7.11 Å². The Morgan fingerprint density at radius 3 is 2.95 bits per heavy atom. The van der Waals surface area contributed by atoms with Crippen LogP contribution in [0.2, 0.25) is 0 Å². The number of thioether (sulfide) groups is 1. The van der Waals surface area contributed by atoms with E-state index in [4.69, 9.17) is 4.74 Å². The highest BCUT2D eigenvalue weighted by molar-refractivity contribution is 8.00. The molecule has 1 aromatic rings. The smallest absolute Gasteiger partial charge is 0.119 e. The minimum Gasteiger partial charge on any atom is -0.497 e. The van der Waals surface area contributed by atoms with Crippen LogP contribution in [-0.2, 0) is 0 Å². The first-order chi connectivity index (χ1) is 9.26. The van der Waals surface area contributed by atoms with Gasteiger partial charge in [-0.2, -0.15) is 5.26 Å². The number of nitriles is 1. The Morgan fingerprint density at radius 1 is 1.42 bits per heavy atom. The molecule has 0 radical (unpaired) electrons. The van der Waals surface area contributed by atoms with Crippen LogP contribution in [0.5, 0.6) is 5.75 Å². The molecule has 0 heterocycles. The summed E-state index contributed by atoms with van der Waals surface area (Å²) in [5, 5.41) is 9.74. The van der Waals surface area contributed by atoms with Crippen molar-refractivity contribution in [2.75, 3.05) is 7.11 Å². The van der Waals surface area contributed by atoms with Crippen molar-refractivity contribution < 1.29 is 4.74 Å². The zero-order chi connectivity index (χ0) is 13.7. The molecule has 3 heteroatoms. The van der Waals surface area contributed by atoms with Crippen molar-refractivity contribution in [2.45, 2.75) is 42.8 Å². The Balaban J connectivity index is 2.07. The Bertz CT molecular complexity index is 454. The second-order valence-corrected chi connectivity index (χ2v) is 6.47. The molecule has 1 aromatic carbocycles. The van der Waals surface area contributed by atoms with Crippen molar-refractivity contribution >= 4 is 11.8 Å². The van der Waals surface area contributed by atoms with Gasteiger partial charge < -0.3 is 4.74 Å². The van der Waals surface area contributed by atoms with Gasteiger partial charge in [0.25, 0.3) is 0 Å². The van der Waals surface area contributed by atoms with Crippen molar-refractivity contribution in [3.63, 3.8) is 0 Å². The van der Waals surface area contributed by atoms with E-state index in [-0.39, 0.29) is 5.92 Å². The van der Waals surface area contributed by atoms with E-state index in [1.165, 1.54) is 17.7 Å². The third-order valence-corrected chi connectivity index (χ3v) is 5.32. The van der Waals surface area contributed by atoms with Crippen LogP contribution in [0.1, 0.15) is 32.6 Å². The zero-order valence-electron chi connectivity index (χ0n) is 11.6. The average Bonchev–Trinajstić information content (AvgIpc) is 2.47. The zero-order valence-corrected chi connectivity index (χ0v) is 12.5. The number of methoxy groups -OCH3 is 1. The summed E-state index contributed by atoms with van der Waals surface area (Å²) in [6.45, 7) is 2.25. The third kappa shape index (κ3) is 3.67. The van der Waals surface area contributed by atoms with E-state index in [0.717, 1.165) is 24.5 Å². The first kappa shape index (κ1) is 14.3. The van der Waals surface area contributed by atoms with Crippen LogP contribution in [0.25, 0.3) is 0 Å². The first-order valence-electron chi connectivity index (χ1n) is 6.97. The van der Waals surface area contributed by atoms with E-state index < -0.39 is 0 Å². The van der Waals surface area contributed by atoms with Crippen LogP contribution in [0.3, 0.4) is 0 Å². The highest BCUT2D eigenvalue weighted by Crippen LogP contribution is 2.41. The summed E-state index contributed by atoms with van der Waals surface area (Å²) in [6, 6.07) is 10.6. The molecule has 0 spiro atoms. The second-order valence-electron chi connectivity index (χ2n) is 5.16. The molecule has 1 saturated carbocycles. The van der Waals surface area contributed by atoms with Crippen molar-refractivity contribution in [3.8, 4) is 11.8 Å². The molecule has 19 heavy (non-hydrogen) atoms. The van der Waals surface area contributed by atoms with Crippen LogP contribution in [0.15, 0.2) is 29.2 Å². The van der Waals surface area contributed by atoms with Gasteiger partial charge in [-0.1, -0.05) is 19.4 Å². The fraction of sp³-hybridized carbons (Fsp3) is 0.562. The summed E-state index contributed by atoms with van der Waals surface area (Å²) in [7, 11) is 1.69. The Hall–Kier alpha value is -1.14. The quantitative estimate of drug-likeness (QED) is 0.810. The number of hydrogen-bond donors (Lipinski definition) is 0. The molecule has 0 aliphatic heterocycles. The number of rotatable bonds is 4. The minimum absolute atomic E-state index is 0.194. The number of benzene rings is 1. The molecule has 0 N–H and O–H groups in total. The molecular formula is C16H21NOS. The lowest BCUT2D eigenvalue weighted by Crippen LogP contribution is -2.25. The van der Waals surface area contributed by atoms with Crippen molar-refractivity contribution in [3.05, 3.63) is 24.3 Å². The van der Waals surface area contributed by atoms with Crippen molar-refractivity contribution in [1.29, 1.82) is 5.26 Å². The summed E-state index contributed by atoms with van der Waals surface area (Å²) >= 11 is 1.84. The van der Waals surface area contributed by atoms with Gasteiger partial charge in [-0.3, -0.25) is 0 Å². The van der Waals surface area contributed by atoms with Crippen molar-refractivity contribution in [2.24, 2.45) is 11.8 Å². The van der Waals surface area contributed by atoms with E-state index >= 15 is 0 Å². The van der Waals surface area contributed by atoms with Crippen molar-refractivity contribution in [1.82, 2.24) is 0 Å². The van der Waals surface area contributed by atoms with Gasteiger partial charge in [0.05, 0.1) is 19.1 Å². The van der Waals surface area contributed by atoms with Gasteiger partial charge in [0.15, 0.2) is 0 Å². The normalized spacial score (nSPS) is 26.7. The van der Waals surface area contributed by atoms with Crippen LogP contribution in [0, 0.1) is 23.2 Å². The molecule has 1 aliphatic rings. The number of nitrogens with zero attached hydrogens (tertiary/aromatic N) is 1. The summed E-state index contributed by atoms with van der Waals surface area (Å²) in [5.74, 6) is 1.87. The molecule has 0 aromatic heterocycles. The number of ether oxygens (including phenoxy) is 1. The summed E-state index contributed by atoms with van der Waals surface area (Å²) in [6.07, 6.45) is 4.66. The molecule has 0 bridgehead atoms. The lowest BCUT2D eigenvalue weighted by molar-refractivity contribution is 0.317. The topological polar surface area (TPSA) is 33.0 Å². The predicted molar refractivity (Wildman–Crippen MR) is 79.4 cm³/mol. The third-order valence-electron chi connectivity index (χ3n) is 3.97. The average molecular weight is 275 g/mol. The maximum Gasteiger partial charge on any atom is 0.119 e. The predicted octanol–water partition coefficient (Wildman–Crippen LogP) is 4.51. The van der Waals surface area contributed by atoms with Gasteiger partial charge in [0, 0.05) is 10.1 Å². The van der Waals surface area contributed by atoms with Gasteiger partial charge in [-0.25, -0.2) is 0 Å². The Morgan fingerprint density at radius 2 is 2.26 bits per heavy atom.